The maximum atomic E-state index is 11.5. The summed E-state index contributed by atoms with van der Waals surface area (Å²) in [7, 11) is -4.00. The molecular formula is C20H42O4S. The Labute approximate surface area is 156 Å². The summed E-state index contributed by atoms with van der Waals surface area (Å²) in [6, 6.07) is 0. The van der Waals surface area contributed by atoms with Gasteiger partial charge in [-0.15, -0.1) is 0 Å². The summed E-state index contributed by atoms with van der Waals surface area (Å²) in [5, 5.41) is 9.36. The summed E-state index contributed by atoms with van der Waals surface area (Å²) >= 11 is 0. The average molecular weight is 379 g/mol. The molecule has 5 heteroatoms. The summed E-state index contributed by atoms with van der Waals surface area (Å²) in [6.07, 6.45) is 15.4. The second kappa shape index (κ2) is 16.1. The van der Waals surface area contributed by atoms with Gasteiger partial charge in [-0.25, -0.2) is 0 Å². The minimum absolute atomic E-state index is 0.365. The monoisotopic (exact) mass is 378 g/mol. The molecule has 0 aliphatic carbocycles. The first kappa shape index (κ1) is 24.9. The van der Waals surface area contributed by atoms with E-state index < -0.39 is 21.5 Å². The number of unbranched alkanes of at least 4 members (excludes halogenated alkanes) is 10. The molecule has 0 aromatic carbocycles. The van der Waals surface area contributed by atoms with E-state index in [4.69, 9.17) is 0 Å². The van der Waals surface area contributed by atoms with Crippen LogP contribution in [0.15, 0.2) is 0 Å². The van der Waals surface area contributed by atoms with Gasteiger partial charge in [-0.3, -0.25) is 4.55 Å². The molecule has 0 aliphatic heterocycles. The molecular weight excluding hydrogens is 336 g/mol. The molecule has 0 heterocycles. The summed E-state index contributed by atoms with van der Waals surface area (Å²) in [6.45, 7) is 4.36. The van der Waals surface area contributed by atoms with Crippen LogP contribution in [0.25, 0.3) is 0 Å². The van der Waals surface area contributed by atoms with Crippen molar-refractivity contribution in [1.82, 2.24) is 0 Å². The average Bonchev–Trinajstić information content (AvgIpc) is 2.55. The van der Waals surface area contributed by atoms with Gasteiger partial charge in [0.1, 0.15) is 0 Å². The second-order valence-electron chi connectivity index (χ2n) is 7.48. The summed E-state index contributed by atoms with van der Waals surface area (Å²) in [5.41, 5.74) is 0. The third-order valence-corrected chi connectivity index (χ3v) is 6.33. The van der Waals surface area contributed by atoms with Crippen molar-refractivity contribution >= 4 is 10.1 Å². The molecule has 25 heavy (non-hydrogen) atoms. The van der Waals surface area contributed by atoms with Crippen LogP contribution in [0.3, 0.4) is 0 Å². The molecule has 0 rings (SSSR count). The van der Waals surface area contributed by atoms with E-state index in [9.17, 15) is 18.1 Å². The van der Waals surface area contributed by atoms with Gasteiger partial charge < -0.3 is 5.11 Å². The van der Waals surface area contributed by atoms with Crippen molar-refractivity contribution in [2.45, 2.75) is 128 Å². The Bertz CT molecular complexity index is 381. The minimum atomic E-state index is -4.00. The van der Waals surface area contributed by atoms with Crippen LogP contribution < -0.4 is 0 Å². The van der Waals surface area contributed by atoms with Gasteiger partial charge in [0.25, 0.3) is 10.1 Å². The lowest BCUT2D eigenvalue weighted by Crippen LogP contribution is -2.22. The van der Waals surface area contributed by atoms with E-state index in [0.717, 1.165) is 44.9 Å². The van der Waals surface area contributed by atoms with Gasteiger partial charge in [-0.05, 0) is 25.7 Å². The summed E-state index contributed by atoms with van der Waals surface area (Å²) in [4.78, 5) is 0. The molecule has 0 bridgehead atoms. The number of aliphatic hydroxyl groups is 1. The quantitative estimate of drug-likeness (QED) is 0.230. The van der Waals surface area contributed by atoms with Crippen LogP contribution >= 0.6 is 0 Å². The van der Waals surface area contributed by atoms with E-state index in [1.807, 2.05) is 0 Å². The smallest absolute Gasteiger partial charge is 0.267 e. The Hall–Kier alpha value is -0.130. The highest BCUT2D eigenvalue weighted by atomic mass is 32.2. The second-order valence-corrected chi connectivity index (χ2v) is 9.18. The van der Waals surface area contributed by atoms with Gasteiger partial charge in [0.05, 0.1) is 11.4 Å². The zero-order valence-electron chi connectivity index (χ0n) is 16.6. The van der Waals surface area contributed by atoms with Crippen molar-refractivity contribution in [1.29, 1.82) is 0 Å². The minimum Gasteiger partial charge on any atom is -0.393 e. The lowest BCUT2D eigenvalue weighted by atomic mass is 10.0. The van der Waals surface area contributed by atoms with Crippen molar-refractivity contribution in [2.24, 2.45) is 0 Å². The molecule has 0 aromatic heterocycles. The Balaban J connectivity index is 3.87. The standard InChI is InChI=1S/C20H42O4S/c1-3-5-7-9-10-12-13-15-19(21)17-18-20(25(22,23)24)16-14-11-8-6-4-2/h19-21H,3-18H2,1-2H3,(H,22,23,24). The SMILES string of the molecule is CCCCCCCCCC(O)CCC(CCCCCCC)S(=O)(=O)O. The van der Waals surface area contributed by atoms with E-state index in [2.05, 4.69) is 13.8 Å². The van der Waals surface area contributed by atoms with Gasteiger partial charge in [0, 0.05) is 0 Å². The predicted molar refractivity (Wildman–Crippen MR) is 107 cm³/mol. The molecule has 4 nitrogen and oxygen atoms in total. The van der Waals surface area contributed by atoms with E-state index in [-0.39, 0.29) is 0 Å². The Kier molecular flexibility index (Phi) is 16.0. The highest BCUT2D eigenvalue weighted by Gasteiger charge is 2.23. The Morgan fingerprint density at radius 2 is 1.08 bits per heavy atom. The zero-order chi connectivity index (χ0) is 19.0. The molecule has 0 spiro atoms. The first-order valence-electron chi connectivity index (χ1n) is 10.6. The fourth-order valence-electron chi connectivity index (χ4n) is 3.28. The van der Waals surface area contributed by atoms with Crippen molar-refractivity contribution in [3.05, 3.63) is 0 Å². The van der Waals surface area contributed by atoms with Crippen LogP contribution in [0.5, 0.6) is 0 Å². The van der Waals surface area contributed by atoms with Crippen LogP contribution in [0.2, 0.25) is 0 Å². The van der Waals surface area contributed by atoms with Gasteiger partial charge in [0.15, 0.2) is 0 Å². The normalized spacial score (nSPS) is 14.6. The van der Waals surface area contributed by atoms with Crippen molar-refractivity contribution < 1.29 is 18.1 Å². The van der Waals surface area contributed by atoms with E-state index >= 15 is 0 Å². The first-order chi connectivity index (χ1) is 11.9. The number of aliphatic hydroxyl groups excluding tert-OH is 1. The van der Waals surface area contributed by atoms with Crippen molar-refractivity contribution in [3.8, 4) is 0 Å². The number of hydrogen-bond donors (Lipinski definition) is 2. The predicted octanol–water partition coefficient (Wildman–Crippen LogP) is 5.89. The van der Waals surface area contributed by atoms with Crippen LogP contribution in [-0.4, -0.2) is 29.4 Å². The lowest BCUT2D eigenvalue weighted by Gasteiger charge is -2.16. The number of rotatable bonds is 18. The highest BCUT2D eigenvalue weighted by Crippen LogP contribution is 2.19. The third-order valence-electron chi connectivity index (χ3n) is 5.01. The van der Waals surface area contributed by atoms with Gasteiger partial charge in [-0.2, -0.15) is 8.42 Å². The largest absolute Gasteiger partial charge is 0.393 e. The van der Waals surface area contributed by atoms with Crippen LogP contribution in [0.4, 0.5) is 0 Å². The molecule has 2 N–H and O–H groups in total. The summed E-state index contributed by atoms with van der Waals surface area (Å²) in [5.74, 6) is 0. The van der Waals surface area contributed by atoms with Crippen LogP contribution in [0, 0.1) is 0 Å². The van der Waals surface area contributed by atoms with Crippen molar-refractivity contribution in [2.75, 3.05) is 0 Å². The van der Waals surface area contributed by atoms with E-state index in [1.165, 1.54) is 38.5 Å². The molecule has 0 amide bonds. The van der Waals surface area contributed by atoms with E-state index in [1.54, 1.807) is 0 Å². The van der Waals surface area contributed by atoms with Gasteiger partial charge >= 0.3 is 0 Å². The fraction of sp³-hybridized carbons (Fsp3) is 1.00. The van der Waals surface area contributed by atoms with Crippen LogP contribution in [0.1, 0.15) is 117 Å². The highest BCUT2D eigenvalue weighted by molar-refractivity contribution is 7.86. The molecule has 0 saturated carbocycles. The molecule has 0 aliphatic rings. The lowest BCUT2D eigenvalue weighted by molar-refractivity contribution is 0.147. The van der Waals surface area contributed by atoms with Crippen molar-refractivity contribution in [3.63, 3.8) is 0 Å². The fourth-order valence-corrected chi connectivity index (χ4v) is 4.18. The molecule has 0 fully saturated rings. The van der Waals surface area contributed by atoms with E-state index in [0.29, 0.717) is 19.3 Å². The summed E-state index contributed by atoms with van der Waals surface area (Å²) < 4.78 is 32.4. The van der Waals surface area contributed by atoms with Gasteiger partial charge in [-0.1, -0.05) is 90.9 Å². The molecule has 2 atom stereocenters. The maximum absolute atomic E-state index is 11.5. The topological polar surface area (TPSA) is 74.6 Å². The van der Waals surface area contributed by atoms with Gasteiger partial charge in [0.2, 0.25) is 0 Å². The Morgan fingerprint density at radius 1 is 0.640 bits per heavy atom. The number of hydrogen-bond acceptors (Lipinski definition) is 3. The van der Waals surface area contributed by atoms with Crippen LogP contribution in [-0.2, 0) is 10.1 Å². The Morgan fingerprint density at radius 3 is 1.56 bits per heavy atom. The maximum Gasteiger partial charge on any atom is 0.267 e. The molecule has 152 valence electrons. The molecule has 0 radical (unpaired) electrons. The first-order valence-corrected chi connectivity index (χ1v) is 12.1. The third kappa shape index (κ3) is 15.8. The zero-order valence-corrected chi connectivity index (χ0v) is 17.4. The molecule has 0 saturated heterocycles. The molecule has 0 aromatic rings. The molecule has 2 unspecified atom stereocenters.